The van der Waals surface area contributed by atoms with Gasteiger partial charge in [0.2, 0.25) is 0 Å². The lowest BCUT2D eigenvalue weighted by Gasteiger charge is -2.18. The van der Waals surface area contributed by atoms with Crippen molar-refractivity contribution >= 4 is 5.69 Å². The van der Waals surface area contributed by atoms with Crippen LogP contribution in [0, 0.1) is 25.2 Å². The molecule has 2 N–H and O–H groups in total. The van der Waals surface area contributed by atoms with Gasteiger partial charge in [-0.05, 0) is 32.8 Å². The number of rotatable bonds is 3. The minimum Gasteiger partial charge on any atom is -0.394 e. The maximum Gasteiger partial charge on any atom is 0.103 e. The monoisotopic (exact) mass is 217 g/mol. The van der Waals surface area contributed by atoms with Gasteiger partial charge in [0.1, 0.15) is 6.07 Å². The molecule has 1 heterocycles. The summed E-state index contributed by atoms with van der Waals surface area (Å²) in [4.78, 5) is 4.26. The Morgan fingerprint density at radius 1 is 1.56 bits per heavy atom. The molecule has 1 saturated carbocycles. The van der Waals surface area contributed by atoms with Crippen molar-refractivity contribution < 1.29 is 5.11 Å². The molecule has 1 aromatic rings. The van der Waals surface area contributed by atoms with E-state index < -0.39 is 0 Å². The summed E-state index contributed by atoms with van der Waals surface area (Å²) in [6.07, 6.45) is 1.91. The van der Waals surface area contributed by atoms with E-state index in [0.717, 1.165) is 29.9 Å². The SMILES string of the molecule is Cc1cc(NC2(CO)CC2)c(C#N)c(C)n1. The molecule has 0 saturated heterocycles. The number of nitriles is 1. The van der Waals surface area contributed by atoms with E-state index in [1.54, 1.807) is 0 Å². The van der Waals surface area contributed by atoms with Crippen LogP contribution in [-0.4, -0.2) is 22.2 Å². The van der Waals surface area contributed by atoms with Gasteiger partial charge >= 0.3 is 0 Å². The number of hydrogen-bond donors (Lipinski definition) is 2. The maximum atomic E-state index is 9.26. The Morgan fingerprint density at radius 3 is 2.75 bits per heavy atom. The van der Waals surface area contributed by atoms with Crippen LogP contribution in [-0.2, 0) is 0 Å². The molecule has 1 aromatic heterocycles. The molecule has 16 heavy (non-hydrogen) atoms. The molecule has 0 atom stereocenters. The first-order valence-corrected chi connectivity index (χ1v) is 5.38. The highest BCUT2D eigenvalue weighted by molar-refractivity contribution is 5.61. The molecule has 0 aromatic carbocycles. The average molecular weight is 217 g/mol. The number of aliphatic hydroxyl groups is 1. The van der Waals surface area contributed by atoms with Crippen molar-refractivity contribution in [1.29, 1.82) is 5.26 Å². The summed E-state index contributed by atoms with van der Waals surface area (Å²) in [5.74, 6) is 0. The van der Waals surface area contributed by atoms with Gasteiger partial charge in [0.15, 0.2) is 0 Å². The van der Waals surface area contributed by atoms with Crippen molar-refractivity contribution in [3.63, 3.8) is 0 Å². The molecule has 0 bridgehead atoms. The van der Waals surface area contributed by atoms with Crippen LogP contribution in [0.15, 0.2) is 6.07 Å². The average Bonchev–Trinajstić information content (AvgIpc) is 2.98. The molecular weight excluding hydrogens is 202 g/mol. The van der Waals surface area contributed by atoms with Crippen molar-refractivity contribution in [2.45, 2.75) is 32.2 Å². The summed E-state index contributed by atoms with van der Waals surface area (Å²) in [6.45, 7) is 3.84. The molecule has 0 unspecified atom stereocenters. The summed E-state index contributed by atoms with van der Waals surface area (Å²) in [6, 6.07) is 4.02. The van der Waals surface area contributed by atoms with Crippen LogP contribution in [0.1, 0.15) is 29.8 Å². The highest BCUT2D eigenvalue weighted by Crippen LogP contribution is 2.39. The zero-order valence-corrected chi connectivity index (χ0v) is 9.54. The number of nitrogens with one attached hydrogen (secondary N) is 1. The minimum atomic E-state index is -0.203. The van der Waals surface area contributed by atoms with Gasteiger partial charge < -0.3 is 10.4 Å². The number of nitrogens with zero attached hydrogens (tertiary/aromatic N) is 2. The zero-order valence-electron chi connectivity index (χ0n) is 9.54. The van der Waals surface area contributed by atoms with Gasteiger partial charge in [0.25, 0.3) is 0 Å². The van der Waals surface area contributed by atoms with Crippen molar-refractivity contribution in [3.8, 4) is 6.07 Å². The molecule has 0 radical (unpaired) electrons. The molecule has 84 valence electrons. The molecule has 0 amide bonds. The first-order chi connectivity index (χ1) is 7.60. The molecule has 1 aliphatic carbocycles. The number of aryl methyl sites for hydroxylation is 2. The normalized spacial score (nSPS) is 16.6. The zero-order chi connectivity index (χ0) is 11.8. The van der Waals surface area contributed by atoms with E-state index in [0.29, 0.717) is 5.56 Å². The largest absolute Gasteiger partial charge is 0.394 e. The fourth-order valence-corrected chi connectivity index (χ4v) is 1.83. The van der Waals surface area contributed by atoms with Crippen LogP contribution in [0.2, 0.25) is 0 Å². The summed E-state index contributed by atoms with van der Waals surface area (Å²) < 4.78 is 0. The third kappa shape index (κ3) is 1.86. The van der Waals surface area contributed by atoms with Gasteiger partial charge in [0, 0.05) is 5.69 Å². The van der Waals surface area contributed by atoms with Crippen LogP contribution in [0.25, 0.3) is 0 Å². The van der Waals surface area contributed by atoms with E-state index >= 15 is 0 Å². The van der Waals surface area contributed by atoms with Gasteiger partial charge in [-0.3, -0.25) is 4.98 Å². The second-order valence-electron chi connectivity index (χ2n) is 4.45. The maximum absolute atomic E-state index is 9.26. The number of anilines is 1. The Balaban J connectivity index is 2.36. The van der Waals surface area contributed by atoms with E-state index in [4.69, 9.17) is 5.26 Å². The van der Waals surface area contributed by atoms with E-state index in [9.17, 15) is 5.11 Å². The van der Waals surface area contributed by atoms with Gasteiger partial charge in [0.05, 0.1) is 29.1 Å². The lowest BCUT2D eigenvalue weighted by atomic mass is 10.1. The van der Waals surface area contributed by atoms with Gasteiger partial charge in [-0.15, -0.1) is 0 Å². The highest BCUT2D eigenvalue weighted by atomic mass is 16.3. The Bertz CT molecular complexity index is 458. The smallest absolute Gasteiger partial charge is 0.103 e. The van der Waals surface area contributed by atoms with Crippen LogP contribution in [0.5, 0.6) is 0 Å². The summed E-state index contributed by atoms with van der Waals surface area (Å²) in [5.41, 5.74) is 2.78. The molecule has 1 fully saturated rings. The topological polar surface area (TPSA) is 68.9 Å². The number of aromatic nitrogens is 1. The van der Waals surface area contributed by atoms with Crippen LogP contribution >= 0.6 is 0 Å². The first-order valence-electron chi connectivity index (χ1n) is 5.38. The third-order valence-corrected chi connectivity index (χ3v) is 3.00. The molecule has 1 aliphatic rings. The van der Waals surface area contributed by atoms with Gasteiger partial charge in [-0.1, -0.05) is 0 Å². The second kappa shape index (κ2) is 3.76. The Hall–Kier alpha value is -1.60. The highest BCUT2D eigenvalue weighted by Gasteiger charge is 2.42. The van der Waals surface area contributed by atoms with E-state index in [1.807, 2.05) is 19.9 Å². The lowest BCUT2D eigenvalue weighted by molar-refractivity contribution is 0.266. The molecule has 2 rings (SSSR count). The quantitative estimate of drug-likeness (QED) is 0.805. The Labute approximate surface area is 94.9 Å². The molecule has 0 aliphatic heterocycles. The van der Waals surface area contributed by atoms with Crippen molar-refractivity contribution in [1.82, 2.24) is 4.98 Å². The van der Waals surface area contributed by atoms with Crippen LogP contribution in [0.4, 0.5) is 5.69 Å². The van der Waals surface area contributed by atoms with Crippen molar-refractivity contribution in [3.05, 3.63) is 23.0 Å². The number of hydrogen-bond acceptors (Lipinski definition) is 4. The van der Waals surface area contributed by atoms with Gasteiger partial charge in [-0.25, -0.2) is 0 Å². The third-order valence-electron chi connectivity index (χ3n) is 3.00. The lowest BCUT2D eigenvalue weighted by Crippen LogP contribution is -2.26. The molecule has 4 heteroatoms. The van der Waals surface area contributed by atoms with Crippen LogP contribution in [0.3, 0.4) is 0 Å². The fraction of sp³-hybridized carbons (Fsp3) is 0.500. The summed E-state index contributed by atoms with van der Waals surface area (Å²) in [5, 5.41) is 21.6. The first kappa shape index (κ1) is 10.9. The minimum absolute atomic E-state index is 0.109. The second-order valence-corrected chi connectivity index (χ2v) is 4.45. The predicted octanol–water partition coefficient (Wildman–Crippen LogP) is 1.51. The van der Waals surface area contributed by atoms with Gasteiger partial charge in [-0.2, -0.15) is 5.26 Å². The predicted molar refractivity (Wildman–Crippen MR) is 61.1 cm³/mol. The molecular formula is C12H15N3O. The Morgan fingerprint density at radius 2 is 2.25 bits per heavy atom. The van der Waals surface area contributed by atoms with Crippen molar-refractivity contribution in [2.24, 2.45) is 0 Å². The van der Waals surface area contributed by atoms with E-state index in [1.165, 1.54) is 0 Å². The standard InChI is InChI=1S/C12H15N3O/c1-8-5-11(10(6-13)9(2)14-8)15-12(7-16)3-4-12/h5,16H,3-4,7H2,1-2H3,(H,14,15). The fourth-order valence-electron chi connectivity index (χ4n) is 1.83. The Kier molecular flexibility index (Phi) is 2.56. The van der Waals surface area contributed by atoms with Crippen molar-refractivity contribution in [2.75, 3.05) is 11.9 Å². The van der Waals surface area contributed by atoms with E-state index in [2.05, 4.69) is 16.4 Å². The summed E-state index contributed by atoms with van der Waals surface area (Å²) in [7, 11) is 0. The summed E-state index contributed by atoms with van der Waals surface area (Å²) >= 11 is 0. The molecule has 0 spiro atoms. The molecule has 4 nitrogen and oxygen atoms in total. The van der Waals surface area contributed by atoms with Crippen LogP contribution < -0.4 is 5.32 Å². The number of pyridine rings is 1. The van der Waals surface area contributed by atoms with E-state index in [-0.39, 0.29) is 12.1 Å². The number of aliphatic hydroxyl groups excluding tert-OH is 1.